The number of benzene rings is 1. The zero-order valence-electron chi connectivity index (χ0n) is 10.9. The molecule has 0 bridgehead atoms. The highest BCUT2D eigenvalue weighted by Gasteiger charge is 2.23. The van der Waals surface area contributed by atoms with Crippen LogP contribution in [0.25, 0.3) is 0 Å². The van der Waals surface area contributed by atoms with E-state index in [9.17, 15) is 8.78 Å². The second-order valence-electron chi connectivity index (χ2n) is 4.37. The van der Waals surface area contributed by atoms with Crippen molar-refractivity contribution in [2.75, 3.05) is 0 Å². The van der Waals surface area contributed by atoms with E-state index in [0.29, 0.717) is 17.3 Å². The molecule has 0 saturated heterocycles. The molecule has 1 unspecified atom stereocenters. The minimum absolute atomic E-state index is 0.216. The van der Waals surface area contributed by atoms with Crippen LogP contribution in [0, 0.1) is 11.6 Å². The number of hydrogen-bond acceptors (Lipinski definition) is 3. The summed E-state index contributed by atoms with van der Waals surface area (Å²) in [6.07, 6.45) is 2.33. The Balaban J connectivity index is 2.49. The minimum atomic E-state index is -0.697. The molecule has 0 aliphatic rings. The number of aryl methyl sites for hydroxylation is 1. The SMILES string of the molecule is CCCn1ncc(Cl)c1C(NN)c1ccc(F)cc1F. The Morgan fingerprint density at radius 2 is 2.20 bits per heavy atom. The monoisotopic (exact) mass is 300 g/mol. The molecule has 0 spiro atoms. The van der Waals surface area contributed by atoms with Gasteiger partial charge in [0.1, 0.15) is 11.6 Å². The molecule has 0 fully saturated rings. The number of nitrogens with zero attached hydrogens (tertiary/aromatic N) is 2. The van der Waals surface area contributed by atoms with E-state index < -0.39 is 17.7 Å². The molecule has 2 aromatic rings. The van der Waals surface area contributed by atoms with Crippen LogP contribution < -0.4 is 11.3 Å². The summed E-state index contributed by atoms with van der Waals surface area (Å²) in [7, 11) is 0. The van der Waals surface area contributed by atoms with Crippen molar-refractivity contribution in [1.29, 1.82) is 0 Å². The summed E-state index contributed by atoms with van der Waals surface area (Å²) in [6.45, 7) is 2.62. The lowest BCUT2D eigenvalue weighted by molar-refractivity contribution is 0.497. The summed E-state index contributed by atoms with van der Waals surface area (Å²) in [6, 6.07) is 2.64. The summed E-state index contributed by atoms with van der Waals surface area (Å²) in [5.41, 5.74) is 3.29. The Morgan fingerprint density at radius 1 is 1.45 bits per heavy atom. The van der Waals surface area contributed by atoms with E-state index in [1.54, 1.807) is 4.68 Å². The van der Waals surface area contributed by atoms with Gasteiger partial charge in [0.15, 0.2) is 0 Å². The van der Waals surface area contributed by atoms with Crippen molar-refractivity contribution in [3.63, 3.8) is 0 Å². The van der Waals surface area contributed by atoms with E-state index in [1.807, 2.05) is 6.92 Å². The number of nitrogens with one attached hydrogen (secondary N) is 1. The van der Waals surface area contributed by atoms with Crippen molar-refractivity contribution in [2.24, 2.45) is 5.84 Å². The largest absolute Gasteiger partial charge is 0.271 e. The molecule has 1 heterocycles. The third kappa shape index (κ3) is 2.82. The molecule has 0 aliphatic carbocycles. The van der Waals surface area contributed by atoms with Gasteiger partial charge in [0.05, 0.1) is 23.0 Å². The summed E-state index contributed by atoms with van der Waals surface area (Å²) in [4.78, 5) is 0. The van der Waals surface area contributed by atoms with Crippen LogP contribution in [0.15, 0.2) is 24.4 Å². The summed E-state index contributed by atoms with van der Waals surface area (Å²) in [5, 5.41) is 4.52. The van der Waals surface area contributed by atoms with Crippen molar-refractivity contribution in [3.05, 3.63) is 52.3 Å². The molecular formula is C13H15ClF2N4. The van der Waals surface area contributed by atoms with Gasteiger partial charge < -0.3 is 0 Å². The number of nitrogens with two attached hydrogens (primary N) is 1. The number of hydrogen-bond donors (Lipinski definition) is 2. The van der Waals surface area contributed by atoms with Crippen molar-refractivity contribution in [3.8, 4) is 0 Å². The Labute approximate surface area is 120 Å². The first kappa shape index (κ1) is 14.9. The van der Waals surface area contributed by atoms with E-state index in [0.717, 1.165) is 12.5 Å². The highest BCUT2D eigenvalue weighted by molar-refractivity contribution is 6.31. The van der Waals surface area contributed by atoms with Gasteiger partial charge in [-0.15, -0.1) is 0 Å². The summed E-state index contributed by atoms with van der Waals surface area (Å²) < 4.78 is 28.6. The Hall–Kier alpha value is -1.50. The lowest BCUT2D eigenvalue weighted by Gasteiger charge is -2.19. The maximum absolute atomic E-state index is 13.9. The van der Waals surface area contributed by atoms with Crippen molar-refractivity contribution >= 4 is 11.6 Å². The minimum Gasteiger partial charge on any atom is -0.271 e. The molecular weight excluding hydrogens is 286 g/mol. The van der Waals surface area contributed by atoms with Crippen LogP contribution in [0.1, 0.15) is 30.6 Å². The summed E-state index contributed by atoms with van der Waals surface area (Å²) in [5.74, 6) is 4.20. The van der Waals surface area contributed by atoms with Gasteiger partial charge in [-0.3, -0.25) is 10.5 Å². The lowest BCUT2D eigenvalue weighted by Crippen LogP contribution is -2.31. The van der Waals surface area contributed by atoms with Crippen LogP contribution in [0.5, 0.6) is 0 Å². The first-order chi connectivity index (χ1) is 9.58. The molecule has 2 rings (SSSR count). The third-order valence-corrected chi connectivity index (χ3v) is 3.27. The molecule has 1 aromatic carbocycles. The van der Waals surface area contributed by atoms with E-state index in [2.05, 4.69) is 10.5 Å². The molecule has 0 saturated carbocycles. The Kier molecular flexibility index (Phi) is 4.69. The Morgan fingerprint density at radius 3 is 2.80 bits per heavy atom. The Bertz CT molecular complexity index is 600. The van der Waals surface area contributed by atoms with Crippen LogP contribution in [-0.4, -0.2) is 9.78 Å². The van der Waals surface area contributed by atoms with Crippen LogP contribution in [0.4, 0.5) is 8.78 Å². The van der Waals surface area contributed by atoms with Gasteiger partial charge >= 0.3 is 0 Å². The zero-order chi connectivity index (χ0) is 14.7. The van der Waals surface area contributed by atoms with E-state index in [-0.39, 0.29) is 5.56 Å². The number of hydrazine groups is 1. The van der Waals surface area contributed by atoms with E-state index in [4.69, 9.17) is 17.4 Å². The smallest absolute Gasteiger partial charge is 0.131 e. The van der Waals surface area contributed by atoms with E-state index in [1.165, 1.54) is 18.3 Å². The van der Waals surface area contributed by atoms with Gasteiger partial charge in [-0.25, -0.2) is 14.2 Å². The number of rotatable bonds is 5. The molecule has 7 heteroatoms. The number of halogens is 3. The van der Waals surface area contributed by atoms with Gasteiger partial charge in [0, 0.05) is 18.2 Å². The van der Waals surface area contributed by atoms with Gasteiger partial charge in [-0.2, -0.15) is 5.10 Å². The van der Waals surface area contributed by atoms with Gasteiger partial charge in [-0.1, -0.05) is 24.6 Å². The molecule has 1 aromatic heterocycles. The molecule has 0 amide bonds. The van der Waals surface area contributed by atoms with Crippen molar-refractivity contribution < 1.29 is 8.78 Å². The molecule has 108 valence electrons. The first-order valence-electron chi connectivity index (χ1n) is 6.20. The van der Waals surface area contributed by atoms with Gasteiger partial charge in [-0.05, 0) is 12.5 Å². The first-order valence-corrected chi connectivity index (χ1v) is 6.58. The lowest BCUT2D eigenvalue weighted by atomic mass is 10.0. The standard InChI is InChI=1S/C13H15ClF2N4/c1-2-5-20-13(10(14)7-18-20)12(19-17)9-4-3-8(15)6-11(9)16/h3-4,6-7,12,19H,2,5,17H2,1H3. The molecule has 1 atom stereocenters. The number of aromatic nitrogens is 2. The fourth-order valence-electron chi connectivity index (χ4n) is 2.10. The fraction of sp³-hybridized carbons (Fsp3) is 0.308. The maximum Gasteiger partial charge on any atom is 0.131 e. The van der Waals surface area contributed by atoms with Crippen molar-refractivity contribution in [2.45, 2.75) is 25.9 Å². The van der Waals surface area contributed by atoms with Gasteiger partial charge in [0.25, 0.3) is 0 Å². The third-order valence-electron chi connectivity index (χ3n) is 2.98. The predicted octanol–water partition coefficient (Wildman–Crippen LogP) is 2.78. The topological polar surface area (TPSA) is 55.9 Å². The molecule has 0 aliphatic heterocycles. The second-order valence-corrected chi connectivity index (χ2v) is 4.77. The normalized spacial score (nSPS) is 12.7. The fourth-order valence-corrected chi connectivity index (χ4v) is 2.35. The highest BCUT2D eigenvalue weighted by Crippen LogP contribution is 2.29. The molecule has 3 N–H and O–H groups in total. The molecule has 20 heavy (non-hydrogen) atoms. The zero-order valence-corrected chi connectivity index (χ0v) is 11.7. The van der Waals surface area contributed by atoms with Crippen LogP contribution >= 0.6 is 11.6 Å². The molecule has 0 radical (unpaired) electrons. The maximum atomic E-state index is 13.9. The van der Waals surface area contributed by atoms with E-state index >= 15 is 0 Å². The van der Waals surface area contributed by atoms with Crippen LogP contribution in [0.3, 0.4) is 0 Å². The molecule has 4 nitrogen and oxygen atoms in total. The second kappa shape index (κ2) is 6.30. The quantitative estimate of drug-likeness (QED) is 0.659. The predicted molar refractivity (Wildman–Crippen MR) is 73.1 cm³/mol. The van der Waals surface area contributed by atoms with Crippen LogP contribution in [0.2, 0.25) is 5.02 Å². The average molecular weight is 301 g/mol. The van der Waals surface area contributed by atoms with Gasteiger partial charge in [0.2, 0.25) is 0 Å². The summed E-state index contributed by atoms with van der Waals surface area (Å²) >= 11 is 6.11. The van der Waals surface area contributed by atoms with Crippen molar-refractivity contribution in [1.82, 2.24) is 15.2 Å². The highest BCUT2D eigenvalue weighted by atomic mass is 35.5. The average Bonchev–Trinajstić information content (AvgIpc) is 2.75. The van der Waals surface area contributed by atoms with Crippen LogP contribution in [-0.2, 0) is 6.54 Å².